The van der Waals surface area contributed by atoms with Crippen molar-refractivity contribution in [3.05, 3.63) is 29.8 Å². The van der Waals surface area contributed by atoms with E-state index in [1.807, 2.05) is 0 Å². The van der Waals surface area contributed by atoms with Gasteiger partial charge in [0.15, 0.2) is 5.78 Å². The Hall–Kier alpha value is -0.730. The van der Waals surface area contributed by atoms with Crippen LogP contribution in [0.25, 0.3) is 0 Å². The summed E-state index contributed by atoms with van der Waals surface area (Å²) in [7, 11) is 0. The average Bonchev–Trinajstić information content (AvgIpc) is 2.04. The smallest absolute Gasteiger partial charge is 0.179 e. The lowest BCUT2D eigenvalue weighted by Gasteiger charge is -1.99. The van der Waals surface area contributed by atoms with E-state index in [-0.39, 0.29) is 24.1 Å². The molecule has 4 heteroatoms. The zero-order chi connectivity index (χ0) is 8.27. The van der Waals surface area contributed by atoms with Crippen molar-refractivity contribution in [1.29, 1.82) is 0 Å². The number of rotatable bonds is 2. The van der Waals surface area contributed by atoms with Gasteiger partial charge in [0.1, 0.15) is 0 Å². The largest absolute Gasteiger partial charge is 0.398 e. The standard InChI is InChI=1S/C8H8ClNO.ClH/c9-5-8(11)6-3-1-2-4-7(6)10;/h1-4H,5,10H2;1H. The summed E-state index contributed by atoms with van der Waals surface area (Å²) < 4.78 is 0. The lowest BCUT2D eigenvalue weighted by atomic mass is 10.1. The number of nitrogen functional groups attached to an aromatic ring is 1. The predicted octanol–water partition coefficient (Wildman–Crippen LogP) is 2.11. The Labute approximate surface area is 82.1 Å². The number of carbonyl (C=O) groups is 1. The number of nitrogens with two attached hydrogens (primary N) is 1. The first-order chi connectivity index (χ1) is 5.25. The van der Waals surface area contributed by atoms with Crippen LogP contribution in [0.5, 0.6) is 0 Å². The van der Waals surface area contributed by atoms with E-state index >= 15 is 0 Å². The number of benzene rings is 1. The van der Waals surface area contributed by atoms with Gasteiger partial charge in [0.2, 0.25) is 0 Å². The molecule has 1 rings (SSSR count). The van der Waals surface area contributed by atoms with Crippen molar-refractivity contribution in [3.8, 4) is 0 Å². The number of anilines is 1. The summed E-state index contributed by atoms with van der Waals surface area (Å²) in [6.07, 6.45) is 0. The number of para-hydroxylation sites is 1. The third-order valence-electron chi connectivity index (χ3n) is 1.38. The fraction of sp³-hybridized carbons (Fsp3) is 0.125. The van der Waals surface area contributed by atoms with Gasteiger partial charge in [0, 0.05) is 11.3 Å². The molecule has 0 aliphatic carbocycles. The molecular formula is C8H9Cl2NO. The minimum absolute atomic E-state index is 0. The molecule has 0 amide bonds. The van der Waals surface area contributed by atoms with Gasteiger partial charge < -0.3 is 5.73 Å². The van der Waals surface area contributed by atoms with Gasteiger partial charge in [0.25, 0.3) is 0 Å². The van der Waals surface area contributed by atoms with Crippen LogP contribution in [0.4, 0.5) is 5.69 Å². The highest BCUT2D eigenvalue weighted by molar-refractivity contribution is 6.31. The number of hydrogen-bond acceptors (Lipinski definition) is 2. The molecule has 0 radical (unpaired) electrons. The molecule has 12 heavy (non-hydrogen) atoms. The minimum Gasteiger partial charge on any atom is -0.398 e. The van der Waals surface area contributed by atoms with Crippen LogP contribution in [-0.4, -0.2) is 11.7 Å². The predicted molar refractivity (Wildman–Crippen MR) is 53.2 cm³/mol. The summed E-state index contributed by atoms with van der Waals surface area (Å²) in [5.74, 6) is -0.154. The Kier molecular flexibility index (Phi) is 4.71. The Balaban J connectivity index is 0.00000121. The molecule has 66 valence electrons. The van der Waals surface area contributed by atoms with Gasteiger partial charge in [-0.25, -0.2) is 0 Å². The maximum atomic E-state index is 11.0. The summed E-state index contributed by atoms with van der Waals surface area (Å²) in [4.78, 5) is 11.0. The van der Waals surface area contributed by atoms with Crippen LogP contribution in [0.15, 0.2) is 24.3 Å². The normalized spacial score (nSPS) is 8.75. The number of ketones is 1. The SMILES string of the molecule is Cl.Nc1ccccc1C(=O)CCl. The van der Waals surface area contributed by atoms with E-state index in [9.17, 15) is 4.79 Å². The first kappa shape index (κ1) is 11.3. The van der Waals surface area contributed by atoms with E-state index in [1.54, 1.807) is 24.3 Å². The molecule has 0 fully saturated rings. The molecule has 0 aliphatic rings. The first-order valence-corrected chi connectivity index (χ1v) is 3.73. The van der Waals surface area contributed by atoms with Crippen LogP contribution in [0.3, 0.4) is 0 Å². The second-order valence-corrected chi connectivity index (χ2v) is 2.41. The zero-order valence-electron chi connectivity index (χ0n) is 6.29. The van der Waals surface area contributed by atoms with Crippen molar-refractivity contribution < 1.29 is 4.79 Å². The topological polar surface area (TPSA) is 43.1 Å². The number of Topliss-reactive ketones (excluding diaryl/α,β-unsaturated/α-hetero) is 1. The molecule has 1 aromatic rings. The highest BCUT2D eigenvalue weighted by Gasteiger charge is 2.05. The van der Waals surface area contributed by atoms with Crippen molar-refractivity contribution in [2.24, 2.45) is 0 Å². The molecule has 0 aromatic heterocycles. The van der Waals surface area contributed by atoms with E-state index in [1.165, 1.54) is 0 Å². The van der Waals surface area contributed by atoms with Crippen LogP contribution in [-0.2, 0) is 0 Å². The fourth-order valence-corrected chi connectivity index (χ4v) is 0.967. The molecule has 0 heterocycles. The zero-order valence-corrected chi connectivity index (χ0v) is 7.86. The summed E-state index contributed by atoms with van der Waals surface area (Å²) in [5.41, 5.74) is 6.50. The first-order valence-electron chi connectivity index (χ1n) is 3.19. The molecular weight excluding hydrogens is 197 g/mol. The van der Waals surface area contributed by atoms with E-state index in [2.05, 4.69) is 0 Å². The lowest BCUT2D eigenvalue weighted by Crippen LogP contribution is -2.03. The highest BCUT2D eigenvalue weighted by atomic mass is 35.5. The molecule has 2 N–H and O–H groups in total. The number of carbonyl (C=O) groups excluding carboxylic acids is 1. The molecule has 2 nitrogen and oxygen atoms in total. The Morgan fingerprint density at radius 2 is 2.00 bits per heavy atom. The van der Waals surface area contributed by atoms with Crippen molar-refractivity contribution in [1.82, 2.24) is 0 Å². The highest BCUT2D eigenvalue weighted by Crippen LogP contribution is 2.11. The van der Waals surface area contributed by atoms with Gasteiger partial charge in [-0.1, -0.05) is 12.1 Å². The Morgan fingerprint density at radius 3 is 2.50 bits per heavy atom. The van der Waals surface area contributed by atoms with E-state index in [0.717, 1.165) is 0 Å². The molecule has 0 unspecified atom stereocenters. The Morgan fingerprint density at radius 1 is 1.42 bits per heavy atom. The fourth-order valence-electron chi connectivity index (χ4n) is 0.823. The number of hydrogen-bond donors (Lipinski definition) is 1. The van der Waals surface area contributed by atoms with Gasteiger partial charge in [-0.15, -0.1) is 24.0 Å². The van der Waals surface area contributed by atoms with Crippen LogP contribution in [0.2, 0.25) is 0 Å². The van der Waals surface area contributed by atoms with Crippen molar-refractivity contribution in [2.75, 3.05) is 11.6 Å². The maximum Gasteiger partial charge on any atom is 0.179 e. The molecule has 0 atom stereocenters. The van der Waals surface area contributed by atoms with Crippen LogP contribution < -0.4 is 5.73 Å². The minimum atomic E-state index is -0.134. The van der Waals surface area contributed by atoms with Crippen molar-refractivity contribution in [2.45, 2.75) is 0 Å². The van der Waals surface area contributed by atoms with Gasteiger partial charge in [0.05, 0.1) is 5.88 Å². The molecule has 0 saturated carbocycles. The van der Waals surface area contributed by atoms with Crippen LogP contribution >= 0.6 is 24.0 Å². The van der Waals surface area contributed by atoms with Crippen molar-refractivity contribution in [3.63, 3.8) is 0 Å². The van der Waals surface area contributed by atoms with E-state index in [4.69, 9.17) is 17.3 Å². The van der Waals surface area contributed by atoms with Crippen LogP contribution in [0, 0.1) is 0 Å². The van der Waals surface area contributed by atoms with Crippen LogP contribution in [0.1, 0.15) is 10.4 Å². The van der Waals surface area contributed by atoms with E-state index < -0.39 is 0 Å². The second kappa shape index (κ2) is 5.01. The van der Waals surface area contributed by atoms with Gasteiger partial charge in [-0.3, -0.25) is 4.79 Å². The molecule has 0 bridgehead atoms. The average molecular weight is 206 g/mol. The number of halogens is 2. The summed E-state index contributed by atoms with van der Waals surface area (Å²) in [5, 5.41) is 0. The molecule has 1 aromatic carbocycles. The summed E-state index contributed by atoms with van der Waals surface area (Å²) >= 11 is 5.35. The summed E-state index contributed by atoms with van der Waals surface area (Å²) in [6.45, 7) is 0. The molecule has 0 spiro atoms. The molecule has 0 saturated heterocycles. The second-order valence-electron chi connectivity index (χ2n) is 2.14. The van der Waals surface area contributed by atoms with E-state index in [0.29, 0.717) is 11.3 Å². The maximum absolute atomic E-state index is 11.0. The third-order valence-corrected chi connectivity index (χ3v) is 1.63. The third kappa shape index (κ3) is 2.40. The number of alkyl halides is 1. The van der Waals surface area contributed by atoms with Gasteiger partial charge in [-0.05, 0) is 12.1 Å². The summed E-state index contributed by atoms with van der Waals surface area (Å²) in [6, 6.07) is 6.89. The van der Waals surface area contributed by atoms with Gasteiger partial charge in [-0.2, -0.15) is 0 Å². The molecule has 0 aliphatic heterocycles. The van der Waals surface area contributed by atoms with Gasteiger partial charge >= 0.3 is 0 Å². The quantitative estimate of drug-likeness (QED) is 0.457. The lowest BCUT2D eigenvalue weighted by molar-refractivity contribution is 0.102. The van der Waals surface area contributed by atoms with Crippen molar-refractivity contribution >= 4 is 35.5 Å². The Bertz CT molecular complexity index is 276. The monoisotopic (exact) mass is 205 g/mol.